The molecule has 0 bridgehead atoms. The van der Waals surface area contributed by atoms with Gasteiger partial charge in [-0.05, 0) is 22.3 Å². The van der Waals surface area contributed by atoms with Gasteiger partial charge < -0.3 is 17.7 Å². The summed E-state index contributed by atoms with van der Waals surface area (Å²) < 4.78 is 0. The van der Waals surface area contributed by atoms with Crippen molar-refractivity contribution in [1.29, 1.82) is 0 Å². The smallest absolute Gasteiger partial charge is 0.0614 e. The number of rotatable bonds is 1. The average molecular weight is 286 g/mol. The van der Waals surface area contributed by atoms with Gasteiger partial charge in [0, 0.05) is 26.2 Å². The van der Waals surface area contributed by atoms with Crippen LogP contribution in [0, 0.1) is 0 Å². The minimum atomic E-state index is 0. The molecule has 2 aromatic rings. The summed E-state index contributed by atoms with van der Waals surface area (Å²) in [5, 5.41) is 3.44. The third-order valence-corrected chi connectivity index (χ3v) is 4.32. The Labute approximate surface area is 126 Å². The first-order chi connectivity index (χ1) is 9.45. The van der Waals surface area contributed by atoms with Gasteiger partial charge in [0.05, 0.1) is 6.04 Å². The van der Waals surface area contributed by atoms with E-state index in [1.807, 2.05) is 0 Å². The van der Waals surface area contributed by atoms with Crippen LogP contribution in [0.3, 0.4) is 0 Å². The Kier molecular flexibility index (Phi) is 3.79. The highest BCUT2D eigenvalue weighted by atomic mass is 35.5. The molecule has 2 nitrogen and oxygen atoms in total. The summed E-state index contributed by atoms with van der Waals surface area (Å²) in [4.78, 5) is 2.61. The van der Waals surface area contributed by atoms with Gasteiger partial charge in [0.1, 0.15) is 0 Å². The van der Waals surface area contributed by atoms with Gasteiger partial charge in [0.15, 0.2) is 0 Å². The molecule has 1 heterocycles. The Hall–Kier alpha value is -1.35. The molecule has 0 radical (unpaired) electrons. The highest BCUT2D eigenvalue weighted by molar-refractivity contribution is 5.78. The molecule has 0 saturated carbocycles. The van der Waals surface area contributed by atoms with Gasteiger partial charge in [-0.25, -0.2) is 0 Å². The molecule has 1 aliphatic carbocycles. The molecular formula is C17H18ClN2-. The summed E-state index contributed by atoms with van der Waals surface area (Å²) >= 11 is 0. The van der Waals surface area contributed by atoms with E-state index in [9.17, 15) is 0 Å². The fourth-order valence-electron chi connectivity index (χ4n) is 3.46. The third kappa shape index (κ3) is 2.05. The minimum Gasteiger partial charge on any atom is -1.00 e. The van der Waals surface area contributed by atoms with Crippen LogP contribution in [-0.4, -0.2) is 31.1 Å². The molecule has 2 aromatic carbocycles. The van der Waals surface area contributed by atoms with Crippen LogP contribution in [0.5, 0.6) is 0 Å². The highest BCUT2D eigenvalue weighted by Gasteiger charge is 2.32. The van der Waals surface area contributed by atoms with E-state index < -0.39 is 0 Å². The molecule has 0 aromatic heterocycles. The van der Waals surface area contributed by atoms with Crippen LogP contribution in [-0.2, 0) is 0 Å². The zero-order valence-electron chi connectivity index (χ0n) is 11.3. The summed E-state index contributed by atoms with van der Waals surface area (Å²) in [6.45, 7) is 4.46. The van der Waals surface area contributed by atoms with Crippen LogP contribution in [0.2, 0.25) is 0 Å². The van der Waals surface area contributed by atoms with Crippen molar-refractivity contribution in [2.45, 2.75) is 6.04 Å². The quantitative estimate of drug-likeness (QED) is 0.772. The first kappa shape index (κ1) is 13.6. The molecule has 3 heteroatoms. The molecule has 0 amide bonds. The number of nitrogens with one attached hydrogen (secondary N) is 1. The largest absolute Gasteiger partial charge is 1.00 e. The van der Waals surface area contributed by atoms with Crippen molar-refractivity contribution in [3.8, 4) is 11.1 Å². The Balaban J connectivity index is 0.00000121. The fourth-order valence-corrected chi connectivity index (χ4v) is 3.46. The van der Waals surface area contributed by atoms with E-state index >= 15 is 0 Å². The molecule has 20 heavy (non-hydrogen) atoms. The van der Waals surface area contributed by atoms with Gasteiger partial charge in [0.25, 0.3) is 0 Å². The van der Waals surface area contributed by atoms with Crippen molar-refractivity contribution >= 4 is 0 Å². The highest BCUT2D eigenvalue weighted by Crippen LogP contribution is 2.45. The fraction of sp³-hybridized carbons (Fsp3) is 0.294. The molecule has 1 saturated heterocycles. The second-order valence-corrected chi connectivity index (χ2v) is 5.36. The number of fused-ring (bicyclic) bond motifs is 3. The second-order valence-electron chi connectivity index (χ2n) is 5.36. The molecule has 1 N–H and O–H groups in total. The van der Waals surface area contributed by atoms with E-state index in [1.54, 1.807) is 0 Å². The molecule has 1 aliphatic heterocycles. The predicted octanol–water partition coefficient (Wildman–Crippen LogP) is -0.334. The molecule has 2 aliphatic rings. The monoisotopic (exact) mass is 285 g/mol. The number of benzene rings is 2. The first-order valence-corrected chi connectivity index (χ1v) is 7.08. The van der Waals surface area contributed by atoms with Gasteiger partial charge in [-0.1, -0.05) is 48.5 Å². The molecule has 0 unspecified atom stereocenters. The zero-order valence-corrected chi connectivity index (χ0v) is 12.1. The molecule has 1 fully saturated rings. The Morgan fingerprint density at radius 3 is 1.85 bits per heavy atom. The van der Waals surface area contributed by atoms with Crippen molar-refractivity contribution in [2.24, 2.45) is 0 Å². The van der Waals surface area contributed by atoms with Crippen molar-refractivity contribution in [2.75, 3.05) is 26.2 Å². The Morgan fingerprint density at radius 2 is 1.30 bits per heavy atom. The molecule has 4 rings (SSSR count). The summed E-state index contributed by atoms with van der Waals surface area (Å²) in [5.74, 6) is 0. The summed E-state index contributed by atoms with van der Waals surface area (Å²) in [5.41, 5.74) is 5.79. The standard InChI is InChI=1S/C17H18N2.ClH/c1-3-7-15-13(5-1)14-6-2-4-8-16(14)17(15)19-11-9-18-10-12-19;/h1-8,17-18H,9-12H2;1H/p-1. The van der Waals surface area contributed by atoms with E-state index in [0.29, 0.717) is 6.04 Å². The SMILES string of the molecule is [Cl-].c1ccc2c(c1)-c1ccccc1C2N1CCNCC1. The summed E-state index contributed by atoms with van der Waals surface area (Å²) in [7, 11) is 0. The van der Waals surface area contributed by atoms with Gasteiger partial charge in [-0.3, -0.25) is 4.90 Å². The van der Waals surface area contributed by atoms with Crippen LogP contribution < -0.4 is 17.7 Å². The molecular weight excluding hydrogens is 268 g/mol. The average Bonchev–Trinajstić information content (AvgIpc) is 2.83. The van der Waals surface area contributed by atoms with Crippen LogP contribution in [0.1, 0.15) is 17.2 Å². The normalized spacial score (nSPS) is 18.2. The maximum atomic E-state index is 3.44. The molecule has 0 atom stereocenters. The van der Waals surface area contributed by atoms with Crippen LogP contribution >= 0.6 is 0 Å². The van der Waals surface area contributed by atoms with E-state index in [1.165, 1.54) is 22.3 Å². The van der Waals surface area contributed by atoms with Crippen LogP contribution in [0.15, 0.2) is 48.5 Å². The van der Waals surface area contributed by atoms with Crippen molar-refractivity contribution in [1.82, 2.24) is 10.2 Å². The number of nitrogens with zero attached hydrogens (tertiary/aromatic N) is 1. The number of hydrogen-bond acceptors (Lipinski definition) is 2. The van der Waals surface area contributed by atoms with E-state index in [-0.39, 0.29) is 12.4 Å². The minimum absolute atomic E-state index is 0. The van der Waals surface area contributed by atoms with Crippen LogP contribution in [0.4, 0.5) is 0 Å². The number of piperazine rings is 1. The number of halogens is 1. The van der Waals surface area contributed by atoms with E-state index in [0.717, 1.165) is 26.2 Å². The third-order valence-electron chi connectivity index (χ3n) is 4.32. The topological polar surface area (TPSA) is 15.3 Å². The van der Waals surface area contributed by atoms with E-state index in [4.69, 9.17) is 0 Å². The maximum absolute atomic E-state index is 3.44. The predicted molar refractivity (Wildman–Crippen MR) is 78.2 cm³/mol. The van der Waals surface area contributed by atoms with Crippen LogP contribution in [0.25, 0.3) is 11.1 Å². The lowest BCUT2D eigenvalue weighted by atomic mass is 10.0. The Morgan fingerprint density at radius 1 is 0.800 bits per heavy atom. The van der Waals surface area contributed by atoms with Gasteiger partial charge in [-0.2, -0.15) is 0 Å². The maximum Gasteiger partial charge on any atom is 0.0614 e. The lowest BCUT2D eigenvalue weighted by Crippen LogP contribution is -3.00. The first-order valence-electron chi connectivity index (χ1n) is 7.08. The van der Waals surface area contributed by atoms with Gasteiger partial charge in [-0.15, -0.1) is 0 Å². The second kappa shape index (κ2) is 5.57. The lowest BCUT2D eigenvalue weighted by molar-refractivity contribution is -0.00000371. The van der Waals surface area contributed by atoms with Gasteiger partial charge in [0.2, 0.25) is 0 Å². The summed E-state index contributed by atoms with van der Waals surface area (Å²) in [6, 6.07) is 18.2. The van der Waals surface area contributed by atoms with E-state index in [2.05, 4.69) is 58.7 Å². The van der Waals surface area contributed by atoms with Crippen molar-refractivity contribution < 1.29 is 12.4 Å². The van der Waals surface area contributed by atoms with Crippen molar-refractivity contribution in [3.63, 3.8) is 0 Å². The summed E-state index contributed by atoms with van der Waals surface area (Å²) in [6.07, 6.45) is 0. The molecule has 104 valence electrons. The van der Waals surface area contributed by atoms with Gasteiger partial charge >= 0.3 is 0 Å². The Bertz CT molecular complexity index is 560. The van der Waals surface area contributed by atoms with Crippen molar-refractivity contribution in [3.05, 3.63) is 59.7 Å². The number of hydrogen-bond donors (Lipinski definition) is 1. The zero-order chi connectivity index (χ0) is 12.7. The lowest BCUT2D eigenvalue weighted by Gasteiger charge is -2.33. The molecule has 0 spiro atoms.